The van der Waals surface area contributed by atoms with Crippen molar-refractivity contribution in [2.45, 2.75) is 32.3 Å². The maximum absolute atomic E-state index is 11.2. The van der Waals surface area contributed by atoms with Crippen molar-refractivity contribution in [1.29, 1.82) is 0 Å². The van der Waals surface area contributed by atoms with Gasteiger partial charge in [0, 0.05) is 28.9 Å². The molecule has 0 bridgehead atoms. The van der Waals surface area contributed by atoms with Crippen LogP contribution in [0.4, 0.5) is 0 Å². The SMILES string of the molecule is CC(C)(O)CNC(=O)/C=C/CCC#CBr. The third-order valence-corrected chi connectivity index (χ3v) is 1.75. The van der Waals surface area contributed by atoms with Crippen LogP contribution in [0.5, 0.6) is 0 Å². The number of amides is 1. The number of unbranched alkanes of at least 4 members (excludes halogenated alkanes) is 1. The summed E-state index contributed by atoms with van der Waals surface area (Å²) in [6, 6.07) is 0. The molecule has 0 atom stereocenters. The maximum atomic E-state index is 11.2. The first-order valence-electron chi connectivity index (χ1n) is 4.71. The van der Waals surface area contributed by atoms with Gasteiger partial charge in [-0.05, 0) is 31.2 Å². The van der Waals surface area contributed by atoms with Gasteiger partial charge in [0.2, 0.25) is 5.91 Å². The summed E-state index contributed by atoms with van der Waals surface area (Å²) >= 11 is 2.98. The maximum Gasteiger partial charge on any atom is 0.243 e. The number of carbonyl (C=O) groups is 1. The summed E-state index contributed by atoms with van der Waals surface area (Å²) in [5.41, 5.74) is -0.870. The van der Waals surface area contributed by atoms with Gasteiger partial charge in [-0.25, -0.2) is 0 Å². The Kier molecular flexibility index (Phi) is 7.10. The minimum Gasteiger partial charge on any atom is -0.389 e. The summed E-state index contributed by atoms with van der Waals surface area (Å²) in [7, 11) is 0. The number of aliphatic hydroxyl groups is 1. The first-order chi connectivity index (χ1) is 6.95. The predicted octanol–water partition coefficient (Wildman–Crippen LogP) is 1.57. The van der Waals surface area contributed by atoms with Crippen LogP contribution in [0.25, 0.3) is 0 Å². The summed E-state index contributed by atoms with van der Waals surface area (Å²) in [4.78, 5) is 13.8. The largest absolute Gasteiger partial charge is 0.389 e. The molecule has 15 heavy (non-hydrogen) atoms. The van der Waals surface area contributed by atoms with Crippen LogP contribution in [0.15, 0.2) is 12.2 Å². The number of hydrogen-bond acceptors (Lipinski definition) is 2. The van der Waals surface area contributed by atoms with Crippen LogP contribution in [0.1, 0.15) is 26.7 Å². The Labute approximate surface area is 99.1 Å². The number of hydrogen-bond donors (Lipinski definition) is 2. The molecule has 0 radical (unpaired) electrons. The topological polar surface area (TPSA) is 49.3 Å². The second kappa shape index (κ2) is 7.49. The van der Waals surface area contributed by atoms with Crippen molar-refractivity contribution in [2.24, 2.45) is 0 Å². The summed E-state index contributed by atoms with van der Waals surface area (Å²) in [5, 5.41) is 11.9. The van der Waals surface area contributed by atoms with Gasteiger partial charge in [-0.2, -0.15) is 0 Å². The highest BCUT2D eigenvalue weighted by molar-refractivity contribution is 9.12. The van der Waals surface area contributed by atoms with Crippen LogP contribution < -0.4 is 5.32 Å². The Hall–Kier alpha value is -0.790. The molecule has 0 aromatic rings. The van der Waals surface area contributed by atoms with Crippen LogP contribution in [0.3, 0.4) is 0 Å². The van der Waals surface area contributed by atoms with Crippen LogP contribution in [-0.2, 0) is 4.79 Å². The van der Waals surface area contributed by atoms with Gasteiger partial charge in [-0.1, -0.05) is 12.0 Å². The Morgan fingerprint density at radius 3 is 2.80 bits per heavy atom. The zero-order chi connectivity index (χ0) is 11.7. The normalized spacial score (nSPS) is 10.9. The molecule has 0 saturated heterocycles. The molecule has 84 valence electrons. The molecule has 0 aliphatic carbocycles. The van der Waals surface area contributed by atoms with Crippen LogP contribution in [0.2, 0.25) is 0 Å². The fourth-order valence-corrected chi connectivity index (χ4v) is 0.954. The van der Waals surface area contributed by atoms with Crippen LogP contribution in [-0.4, -0.2) is 23.2 Å². The van der Waals surface area contributed by atoms with E-state index in [1.165, 1.54) is 6.08 Å². The summed E-state index contributed by atoms with van der Waals surface area (Å²) in [6.45, 7) is 3.53. The molecule has 0 heterocycles. The molecule has 0 aliphatic rings. The van der Waals surface area contributed by atoms with E-state index in [9.17, 15) is 9.90 Å². The lowest BCUT2D eigenvalue weighted by Crippen LogP contribution is -2.37. The van der Waals surface area contributed by atoms with Crippen molar-refractivity contribution in [3.63, 3.8) is 0 Å². The van der Waals surface area contributed by atoms with Crippen LogP contribution in [0, 0.1) is 10.8 Å². The first-order valence-corrected chi connectivity index (χ1v) is 5.50. The van der Waals surface area contributed by atoms with Gasteiger partial charge in [0.15, 0.2) is 0 Å². The van der Waals surface area contributed by atoms with E-state index in [1.54, 1.807) is 19.9 Å². The van der Waals surface area contributed by atoms with E-state index in [-0.39, 0.29) is 12.5 Å². The van der Waals surface area contributed by atoms with Crippen molar-refractivity contribution in [2.75, 3.05) is 6.54 Å². The molecule has 2 N–H and O–H groups in total. The molecule has 0 rings (SSSR count). The molecule has 0 unspecified atom stereocenters. The van der Waals surface area contributed by atoms with Crippen molar-refractivity contribution in [3.05, 3.63) is 12.2 Å². The van der Waals surface area contributed by atoms with Gasteiger partial charge in [0.05, 0.1) is 5.60 Å². The van der Waals surface area contributed by atoms with E-state index in [4.69, 9.17) is 0 Å². The van der Waals surface area contributed by atoms with Crippen LogP contribution >= 0.6 is 15.9 Å². The second-order valence-electron chi connectivity index (χ2n) is 3.74. The minimum absolute atomic E-state index is 0.191. The second-order valence-corrected chi connectivity index (χ2v) is 4.14. The number of rotatable bonds is 5. The summed E-state index contributed by atoms with van der Waals surface area (Å²) < 4.78 is 0. The highest BCUT2D eigenvalue weighted by Gasteiger charge is 2.12. The van der Waals surface area contributed by atoms with E-state index >= 15 is 0 Å². The third kappa shape index (κ3) is 11.1. The molecule has 0 saturated carbocycles. The fourth-order valence-electron chi connectivity index (χ4n) is 0.755. The Morgan fingerprint density at radius 2 is 2.27 bits per heavy atom. The minimum atomic E-state index is -0.870. The lowest BCUT2D eigenvalue weighted by atomic mass is 10.1. The monoisotopic (exact) mass is 273 g/mol. The zero-order valence-electron chi connectivity index (χ0n) is 9.01. The number of nitrogens with one attached hydrogen (secondary N) is 1. The third-order valence-electron chi connectivity index (χ3n) is 1.47. The molecule has 0 fully saturated rings. The van der Waals surface area contributed by atoms with E-state index in [1.807, 2.05) is 0 Å². The molecule has 0 spiro atoms. The quantitative estimate of drug-likeness (QED) is 0.454. The lowest BCUT2D eigenvalue weighted by molar-refractivity contribution is -0.117. The van der Waals surface area contributed by atoms with E-state index in [2.05, 4.69) is 32.0 Å². The van der Waals surface area contributed by atoms with Gasteiger partial charge in [-0.3, -0.25) is 4.79 Å². The number of carbonyl (C=O) groups excluding carboxylic acids is 1. The molecular weight excluding hydrogens is 258 g/mol. The van der Waals surface area contributed by atoms with E-state index in [0.29, 0.717) is 0 Å². The number of halogens is 1. The van der Waals surface area contributed by atoms with Gasteiger partial charge in [-0.15, -0.1) is 0 Å². The van der Waals surface area contributed by atoms with Crippen molar-refractivity contribution >= 4 is 21.8 Å². The highest BCUT2D eigenvalue weighted by atomic mass is 79.9. The average Bonchev–Trinajstić information content (AvgIpc) is 2.13. The van der Waals surface area contributed by atoms with Gasteiger partial charge in [0.1, 0.15) is 0 Å². The standard InChI is InChI=1S/C11H16BrNO2/c1-11(2,15)9-13-10(14)7-5-3-4-6-8-12/h5,7,15H,3-4,9H2,1-2H3,(H,13,14)/b7-5+. The van der Waals surface area contributed by atoms with Crippen molar-refractivity contribution in [3.8, 4) is 10.8 Å². The Balaban J connectivity index is 3.68. The smallest absolute Gasteiger partial charge is 0.243 e. The van der Waals surface area contributed by atoms with Gasteiger partial charge < -0.3 is 10.4 Å². The van der Waals surface area contributed by atoms with Gasteiger partial charge in [0.25, 0.3) is 0 Å². The fraction of sp³-hybridized carbons (Fsp3) is 0.545. The molecule has 0 aromatic heterocycles. The van der Waals surface area contributed by atoms with Crippen molar-refractivity contribution < 1.29 is 9.90 Å². The highest BCUT2D eigenvalue weighted by Crippen LogP contribution is 1.97. The molecule has 1 amide bonds. The number of allylic oxidation sites excluding steroid dienone is 1. The lowest BCUT2D eigenvalue weighted by Gasteiger charge is -2.16. The van der Waals surface area contributed by atoms with Crippen molar-refractivity contribution in [1.82, 2.24) is 5.32 Å². The molecular formula is C11H16BrNO2. The molecule has 0 aliphatic heterocycles. The summed E-state index contributed by atoms with van der Waals surface area (Å²) in [6.07, 6.45) is 4.69. The Morgan fingerprint density at radius 1 is 1.60 bits per heavy atom. The molecule has 4 heteroatoms. The average molecular weight is 274 g/mol. The zero-order valence-corrected chi connectivity index (χ0v) is 10.6. The molecule has 0 aromatic carbocycles. The summed E-state index contributed by atoms with van der Waals surface area (Å²) in [5.74, 6) is 2.63. The Bertz CT molecular complexity index is 281. The first kappa shape index (κ1) is 14.2. The molecule has 3 nitrogen and oxygen atoms in total. The predicted molar refractivity (Wildman–Crippen MR) is 64.4 cm³/mol. The van der Waals surface area contributed by atoms with E-state index < -0.39 is 5.60 Å². The van der Waals surface area contributed by atoms with Gasteiger partial charge >= 0.3 is 0 Å². The van der Waals surface area contributed by atoms with E-state index in [0.717, 1.165) is 12.8 Å².